The molecule has 17 heavy (non-hydrogen) atoms. The van der Waals surface area contributed by atoms with Crippen LogP contribution in [0.4, 0.5) is 0 Å². The zero-order valence-electron chi connectivity index (χ0n) is 11.1. The summed E-state index contributed by atoms with van der Waals surface area (Å²) in [6.45, 7) is 11.0. The van der Waals surface area contributed by atoms with Crippen LogP contribution < -0.4 is 9.31 Å². The zero-order valence-corrected chi connectivity index (χ0v) is 12.1. The van der Waals surface area contributed by atoms with E-state index in [9.17, 15) is 0 Å². The van der Waals surface area contributed by atoms with Crippen molar-refractivity contribution >= 4 is 15.6 Å². The van der Waals surface area contributed by atoms with Gasteiger partial charge < -0.3 is 13.7 Å². The predicted octanol–water partition coefficient (Wildman–Crippen LogP) is 3.46. The van der Waals surface area contributed by atoms with E-state index >= 15 is 0 Å². The van der Waals surface area contributed by atoms with Crippen molar-refractivity contribution in [1.82, 2.24) is 0 Å². The molecule has 0 amide bonds. The number of fused-ring (bicyclic) bond motifs is 1. The molecule has 2 rings (SSSR count). The third-order valence-corrected chi connectivity index (χ3v) is 7.89. The van der Waals surface area contributed by atoms with Crippen LogP contribution >= 0.6 is 0 Å². The maximum atomic E-state index is 6.04. The van der Waals surface area contributed by atoms with Crippen LogP contribution in [-0.4, -0.2) is 15.6 Å². The molecule has 0 unspecified atom stereocenters. The van der Waals surface area contributed by atoms with Crippen molar-refractivity contribution in [1.29, 1.82) is 0 Å². The highest BCUT2D eigenvalue weighted by atomic mass is 28.4. The van der Waals surface area contributed by atoms with Gasteiger partial charge in [-0.1, -0.05) is 32.9 Å². The standard InChI is InChI=1S/C12H19BO3Si/c1-12(2,3)17(4,5)16-13-14-10-8-6-7-9-11(10)15-13/h6-9H,1-5H3. The quantitative estimate of drug-likeness (QED) is 0.752. The van der Waals surface area contributed by atoms with E-state index in [-0.39, 0.29) is 5.04 Å². The van der Waals surface area contributed by atoms with Gasteiger partial charge in [0, 0.05) is 0 Å². The van der Waals surface area contributed by atoms with Crippen LogP contribution in [0.2, 0.25) is 18.1 Å². The Labute approximate surface area is 104 Å². The van der Waals surface area contributed by atoms with Gasteiger partial charge in [0.15, 0.2) is 8.32 Å². The Balaban J connectivity index is 2.05. The second-order valence-corrected chi connectivity index (χ2v) is 10.6. The first kappa shape index (κ1) is 12.5. The summed E-state index contributed by atoms with van der Waals surface area (Å²) in [4.78, 5) is 0. The van der Waals surface area contributed by atoms with Crippen molar-refractivity contribution < 1.29 is 13.7 Å². The number of hydrogen-bond acceptors (Lipinski definition) is 3. The molecule has 0 spiro atoms. The Bertz CT molecular complexity index is 389. The lowest BCUT2D eigenvalue weighted by Crippen LogP contribution is -2.48. The Morgan fingerprint density at radius 3 is 1.94 bits per heavy atom. The van der Waals surface area contributed by atoms with Gasteiger partial charge in [0.2, 0.25) is 0 Å². The summed E-state index contributed by atoms with van der Waals surface area (Å²) in [6.07, 6.45) is 0. The molecule has 1 aromatic carbocycles. The van der Waals surface area contributed by atoms with Crippen molar-refractivity contribution in [3.63, 3.8) is 0 Å². The van der Waals surface area contributed by atoms with E-state index in [2.05, 4.69) is 33.9 Å². The molecule has 0 saturated heterocycles. The van der Waals surface area contributed by atoms with Gasteiger partial charge in [0.1, 0.15) is 11.5 Å². The maximum Gasteiger partial charge on any atom is 0.777 e. The van der Waals surface area contributed by atoms with E-state index < -0.39 is 15.6 Å². The van der Waals surface area contributed by atoms with Crippen LogP contribution in [0.1, 0.15) is 20.8 Å². The number of rotatable bonds is 2. The molecule has 1 aliphatic heterocycles. The lowest BCUT2D eigenvalue weighted by atomic mass is 10.2. The molecule has 0 bridgehead atoms. The van der Waals surface area contributed by atoms with Gasteiger partial charge in [0.05, 0.1) is 0 Å². The normalized spacial score (nSPS) is 15.2. The summed E-state index contributed by atoms with van der Waals surface area (Å²) in [7, 11) is -2.45. The van der Waals surface area contributed by atoms with Gasteiger partial charge in [-0.3, -0.25) is 0 Å². The highest BCUT2D eigenvalue weighted by molar-refractivity contribution is 6.78. The Hall–Kier alpha value is -0.938. The molecule has 0 aliphatic carbocycles. The summed E-state index contributed by atoms with van der Waals surface area (Å²) in [5.74, 6) is 1.52. The van der Waals surface area contributed by atoms with Crippen molar-refractivity contribution in [2.75, 3.05) is 0 Å². The van der Waals surface area contributed by atoms with Gasteiger partial charge in [0.25, 0.3) is 0 Å². The average molecular weight is 250 g/mol. The molecule has 0 N–H and O–H groups in total. The highest BCUT2D eigenvalue weighted by Gasteiger charge is 2.46. The molecule has 1 aliphatic rings. The monoisotopic (exact) mass is 250 g/mol. The minimum Gasteiger partial charge on any atom is -0.498 e. The fourth-order valence-corrected chi connectivity index (χ4v) is 2.27. The molecule has 0 atom stereocenters. The average Bonchev–Trinajstić information content (AvgIpc) is 2.56. The van der Waals surface area contributed by atoms with Crippen molar-refractivity contribution in [3.8, 4) is 11.5 Å². The summed E-state index contributed by atoms with van der Waals surface area (Å²) in [6, 6.07) is 7.64. The largest absolute Gasteiger partial charge is 0.777 e. The Kier molecular flexibility index (Phi) is 2.99. The Morgan fingerprint density at radius 1 is 1.06 bits per heavy atom. The molecule has 5 heteroatoms. The second kappa shape index (κ2) is 4.07. The second-order valence-electron chi connectivity index (χ2n) is 5.85. The molecule has 1 heterocycles. The minimum absolute atomic E-state index is 0.147. The van der Waals surface area contributed by atoms with Crippen molar-refractivity contribution in [3.05, 3.63) is 24.3 Å². The number of para-hydroxylation sites is 2. The van der Waals surface area contributed by atoms with Gasteiger partial charge in [-0.25, -0.2) is 0 Å². The van der Waals surface area contributed by atoms with Crippen LogP contribution in [0.25, 0.3) is 0 Å². The highest BCUT2D eigenvalue weighted by Crippen LogP contribution is 2.39. The number of benzene rings is 1. The molecule has 1 aromatic rings. The van der Waals surface area contributed by atoms with Crippen LogP contribution in [0, 0.1) is 0 Å². The van der Waals surface area contributed by atoms with E-state index in [1.807, 2.05) is 24.3 Å². The molecule has 0 radical (unpaired) electrons. The smallest absolute Gasteiger partial charge is 0.498 e. The van der Waals surface area contributed by atoms with Crippen LogP contribution in [-0.2, 0) is 4.34 Å². The van der Waals surface area contributed by atoms with E-state index in [0.29, 0.717) is 0 Å². The van der Waals surface area contributed by atoms with Gasteiger partial charge in [-0.15, -0.1) is 0 Å². The van der Waals surface area contributed by atoms with Crippen LogP contribution in [0.15, 0.2) is 24.3 Å². The van der Waals surface area contributed by atoms with E-state index in [0.717, 1.165) is 11.5 Å². The molecule has 3 nitrogen and oxygen atoms in total. The molecule has 0 aromatic heterocycles. The predicted molar refractivity (Wildman–Crippen MR) is 71.7 cm³/mol. The van der Waals surface area contributed by atoms with Crippen molar-refractivity contribution in [2.24, 2.45) is 0 Å². The van der Waals surface area contributed by atoms with E-state index in [4.69, 9.17) is 13.7 Å². The molecule has 0 fully saturated rings. The lowest BCUT2D eigenvalue weighted by Gasteiger charge is -2.36. The Morgan fingerprint density at radius 2 is 1.53 bits per heavy atom. The van der Waals surface area contributed by atoms with Gasteiger partial charge in [-0.05, 0) is 30.3 Å². The van der Waals surface area contributed by atoms with E-state index in [1.54, 1.807) is 0 Å². The fraction of sp³-hybridized carbons (Fsp3) is 0.500. The fourth-order valence-electron chi connectivity index (χ4n) is 1.34. The lowest BCUT2D eigenvalue weighted by molar-refractivity contribution is 0.334. The molecular weight excluding hydrogens is 231 g/mol. The first-order valence-corrected chi connectivity index (χ1v) is 8.81. The molecule has 92 valence electrons. The minimum atomic E-state index is -1.86. The SMILES string of the molecule is CC(C)(C)[Si](C)(C)OB1Oc2ccccc2O1. The topological polar surface area (TPSA) is 27.7 Å². The van der Waals surface area contributed by atoms with Gasteiger partial charge in [-0.2, -0.15) is 0 Å². The van der Waals surface area contributed by atoms with Crippen LogP contribution in [0.5, 0.6) is 11.5 Å². The summed E-state index contributed by atoms with van der Waals surface area (Å²) in [5.41, 5.74) is 0. The van der Waals surface area contributed by atoms with Crippen LogP contribution in [0.3, 0.4) is 0 Å². The maximum absolute atomic E-state index is 6.04. The summed E-state index contributed by atoms with van der Waals surface area (Å²) >= 11 is 0. The molecular formula is C12H19BO3Si. The first-order chi connectivity index (χ1) is 7.79. The first-order valence-electron chi connectivity index (χ1n) is 5.90. The summed E-state index contributed by atoms with van der Waals surface area (Å²) < 4.78 is 17.3. The zero-order chi connectivity index (χ0) is 12.7. The van der Waals surface area contributed by atoms with Crippen molar-refractivity contribution in [2.45, 2.75) is 38.9 Å². The van der Waals surface area contributed by atoms with E-state index in [1.165, 1.54) is 0 Å². The number of hydrogen-bond donors (Lipinski definition) is 0. The third kappa shape index (κ3) is 2.50. The van der Waals surface area contributed by atoms with Gasteiger partial charge >= 0.3 is 7.32 Å². The third-order valence-electron chi connectivity index (χ3n) is 3.49. The molecule has 0 saturated carbocycles. The summed E-state index contributed by atoms with van der Waals surface area (Å²) in [5, 5.41) is 0.147.